The second-order valence-corrected chi connectivity index (χ2v) is 3.11. The molecule has 5 nitrogen and oxygen atoms in total. The first kappa shape index (κ1) is 8.83. The van der Waals surface area contributed by atoms with Crippen molar-refractivity contribution in [2.24, 2.45) is 0 Å². The molecule has 1 heterocycles. The van der Waals surface area contributed by atoms with Gasteiger partial charge in [-0.15, -0.1) is 0 Å². The van der Waals surface area contributed by atoms with Crippen molar-refractivity contribution in [3.63, 3.8) is 0 Å². The van der Waals surface area contributed by atoms with Gasteiger partial charge in [0.25, 0.3) is 0 Å². The van der Waals surface area contributed by atoms with Crippen LogP contribution in [0.3, 0.4) is 0 Å². The van der Waals surface area contributed by atoms with Crippen LogP contribution in [-0.2, 0) is 0 Å². The van der Waals surface area contributed by atoms with Gasteiger partial charge in [-0.1, -0.05) is 11.6 Å². The van der Waals surface area contributed by atoms with Crippen LogP contribution in [0.2, 0.25) is 5.02 Å². The van der Waals surface area contributed by atoms with Gasteiger partial charge in [-0.2, -0.15) is 0 Å². The Morgan fingerprint density at radius 2 is 1.50 bits per heavy atom. The third kappa shape index (κ3) is 1.38. The Morgan fingerprint density at radius 1 is 1.00 bits per heavy atom. The normalized spacial score (nSPS) is 10.4. The molecule has 1 aromatic heterocycles. The lowest BCUT2D eigenvalue weighted by Gasteiger charge is -1.97. The van der Waals surface area contributed by atoms with Gasteiger partial charge in [0.2, 0.25) is 0 Å². The number of benzene rings is 1. The van der Waals surface area contributed by atoms with Gasteiger partial charge in [0.15, 0.2) is 0 Å². The van der Waals surface area contributed by atoms with Gasteiger partial charge in [0.05, 0.1) is 5.69 Å². The number of H-pyrrole nitrogens is 2. The van der Waals surface area contributed by atoms with Crippen LogP contribution >= 0.6 is 11.6 Å². The van der Waals surface area contributed by atoms with E-state index < -0.39 is 11.4 Å². The molecular weight excluding hydrogens is 206 g/mol. The summed E-state index contributed by atoms with van der Waals surface area (Å²) in [7, 11) is 0. The number of aromatic amines is 2. The monoisotopic (exact) mass is 211 g/mol. The Hall–Kier alpha value is -1.75. The number of nitrogens with one attached hydrogen (secondary N) is 2. The van der Waals surface area contributed by atoms with E-state index in [2.05, 4.69) is 10.2 Å². The van der Waals surface area contributed by atoms with E-state index >= 15 is 0 Å². The molecule has 0 unspecified atom stereocenters. The smallest absolute Gasteiger partial charge is 0.247 e. The Bertz CT molecular complexity index is 521. The summed E-state index contributed by atoms with van der Waals surface area (Å²) >= 11 is 5.67. The van der Waals surface area contributed by atoms with Gasteiger partial charge in [0, 0.05) is 5.02 Å². The van der Waals surface area contributed by atoms with Gasteiger partial charge in [-0.05, 0) is 24.3 Å². The third-order valence-corrected chi connectivity index (χ3v) is 2.02. The van der Waals surface area contributed by atoms with E-state index in [-0.39, 0.29) is 0 Å². The summed E-state index contributed by atoms with van der Waals surface area (Å²) in [5.74, 6) is 0. The summed E-state index contributed by atoms with van der Waals surface area (Å²) in [6.45, 7) is 0. The summed E-state index contributed by atoms with van der Waals surface area (Å²) in [6.07, 6.45) is 0. The molecule has 0 fully saturated rings. The summed E-state index contributed by atoms with van der Waals surface area (Å²) in [5, 5.41) is 4.92. The van der Waals surface area contributed by atoms with E-state index in [1.54, 1.807) is 24.3 Å². The predicted molar refractivity (Wildman–Crippen MR) is 52.0 cm³/mol. The molecule has 0 saturated carbocycles. The molecule has 0 amide bonds. The molecule has 0 radical (unpaired) electrons. The van der Waals surface area contributed by atoms with Crippen molar-refractivity contribution in [3.05, 3.63) is 50.3 Å². The molecule has 0 bridgehead atoms. The molecule has 14 heavy (non-hydrogen) atoms. The molecule has 0 saturated heterocycles. The average Bonchev–Trinajstić information content (AvgIpc) is 2.49. The van der Waals surface area contributed by atoms with Gasteiger partial charge in [0.1, 0.15) is 0 Å². The maximum Gasteiger partial charge on any atom is 0.348 e. The summed E-state index contributed by atoms with van der Waals surface area (Å²) in [6, 6.07) is 6.39. The zero-order chi connectivity index (χ0) is 10.1. The van der Waals surface area contributed by atoms with Crippen LogP contribution in [0, 0.1) is 0 Å². The van der Waals surface area contributed by atoms with Gasteiger partial charge in [-0.25, -0.2) is 24.4 Å². The lowest BCUT2D eigenvalue weighted by atomic mass is 10.3. The minimum Gasteiger partial charge on any atom is -0.247 e. The molecule has 2 rings (SSSR count). The Labute approximate surface area is 82.9 Å². The molecule has 0 atom stereocenters. The molecule has 0 spiro atoms. The summed E-state index contributed by atoms with van der Waals surface area (Å²) < 4.78 is 0.982. The van der Waals surface area contributed by atoms with Crippen molar-refractivity contribution in [1.29, 1.82) is 0 Å². The number of aromatic nitrogens is 3. The second-order valence-electron chi connectivity index (χ2n) is 2.67. The molecule has 72 valence electrons. The van der Waals surface area contributed by atoms with Gasteiger partial charge >= 0.3 is 11.4 Å². The Morgan fingerprint density at radius 3 is 2.00 bits per heavy atom. The minimum atomic E-state index is -0.502. The van der Waals surface area contributed by atoms with E-state index in [0.717, 1.165) is 4.57 Å². The van der Waals surface area contributed by atoms with Crippen molar-refractivity contribution in [2.75, 3.05) is 0 Å². The van der Waals surface area contributed by atoms with Gasteiger partial charge < -0.3 is 0 Å². The highest BCUT2D eigenvalue weighted by atomic mass is 35.5. The summed E-state index contributed by atoms with van der Waals surface area (Å²) in [5.41, 5.74) is -0.531. The lowest BCUT2D eigenvalue weighted by molar-refractivity contribution is 0.952. The maximum absolute atomic E-state index is 11.2. The number of hydrogen-bond donors (Lipinski definition) is 2. The SMILES string of the molecule is O=c1[nH][nH]c(=O)n1-c1ccc(Cl)cc1. The Kier molecular flexibility index (Phi) is 2.01. The van der Waals surface area contributed by atoms with Crippen LogP contribution in [0.5, 0.6) is 0 Å². The first-order chi connectivity index (χ1) is 6.68. The van der Waals surface area contributed by atoms with Crippen LogP contribution in [-0.4, -0.2) is 14.8 Å². The molecule has 0 aliphatic rings. The van der Waals surface area contributed by atoms with Crippen molar-refractivity contribution >= 4 is 11.6 Å². The van der Waals surface area contributed by atoms with Crippen LogP contribution in [0.15, 0.2) is 33.9 Å². The third-order valence-electron chi connectivity index (χ3n) is 1.77. The predicted octanol–water partition coefficient (Wildman–Crippen LogP) is 0.507. The fourth-order valence-corrected chi connectivity index (χ4v) is 1.26. The van der Waals surface area contributed by atoms with Crippen molar-refractivity contribution < 1.29 is 0 Å². The quantitative estimate of drug-likeness (QED) is 0.722. The number of rotatable bonds is 1. The fourth-order valence-electron chi connectivity index (χ4n) is 1.14. The number of nitrogens with zero attached hydrogens (tertiary/aromatic N) is 1. The summed E-state index contributed by atoms with van der Waals surface area (Å²) in [4.78, 5) is 22.3. The molecule has 2 N–H and O–H groups in total. The highest BCUT2D eigenvalue weighted by molar-refractivity contribution is 6.30. The van der Waals surface area contributed by atoms with Crippen molar-refractivity contribution in [1.82, 2.24) is 14.8 Å². The highest BCUT2D eigenvalue weighted by Crippen LogP contribution is 2.10. The first-order valence-electron chi connectivity index (χ1n) is 3.84. The van der Waals surface area contributed by atoms with E-state index in [9.17, 15) is 9.59 Å². The van der Waals surface area contributed by atoms with Crippen molar-refractivity contribution in [2.45, 2.75) is 0 Å². The van der Waals surface area contributed by atoms with Crippen LogP contribution in [0.1, 0.15) is 0 Å². The van der Waals surface area contributed by atoms with Crippen LogP contribution in [0.25, 0.3) is 5.69 Å². The minimum absolute atomic E-state index is 0.474. The van der Waals surface area contributed by atoms with E-state index in [4.69, 9.17) is 11.6 Å². The largest absolute Gasteiger partial charge is 0.348 e. The second kappa shape index (κ2) is 3.19. The standard InChI is InChI=1S/C8H6ClN3O2/c9-5-1-3-6(4-2-5)12-7(13)10-11-8(12)14/h1-4H,(H,10,13)(H,11,14). The molecule has 6 heteroatoms. The molecule has 0 aliphatic carbocycles. The highest BCUT2D eigenvalue weighted by Gasteiger charge is 2.04. The maximum atomic E-state index is 11.2. The molecule has 1 aromatic carbocycles. The fraction of sp³-hybridized carbons (Fsp3) is 0. The zero-order valence-electron chi connectivity index (χ0n) is 6.95. The number of halogens is 1. The van der Waals surface area contributed by atoms with Crippen molar-refractivity contribution in [3.8, 4) is 5.69 Å². The van der Waals surface area contributed by atoms with E-state index in [1.165, 1.54) is 0 Å². The topological polar surface area (TPSA) is 70.7 Å². The van der Waals surface area contributed by atoms with Crippen LogP contribution in [0.4, 0.5) is 0 Å². The Balaban J connectivity index is 2.66. The number of hydrogen-bond acceptors (Lipinski definition) is 2. The first-order valence-corrected chi connectivity index (χ1v) is 4.22. The van der Waals surface area contributed by atoms with E-state index in [0.29, 0.717) is 10.7 Å². The zero-order valence-corrected chi connectivity index (χ0v) is 7.71. The molecular formula is C8H6ClN3O2. The molecule has 0 aliphatic heterocycles. The van der Waals surface area contributed by atoms with E-state index in [1.807, 2.05) is 0 Å². The lowest BCUT2D eigenvalue weighted by Crippen LogP contribution is -2.24. The molecule has 2 aromatic rings. The van der Waals surface area contributed by atoms with Gasteiger partial charge in [-0.3, -0.25) is 0 Å². The average molecular weight is 212 g/mol. The van der Waals surface area contributed by atoms with Crippen LogP contribution < -0.4 is 11.4 Å².